The Morgan fingerprint density at radius 1 is 1.19 bits per heavy atom. The molecule has 112 valence electrons. The zero-order valence-electron chi connectivity index (χ0n) is 12.5. The average molecular weight is 397 g/mol. The number of rotatable bonds is 6. The van der Waals surface area contributed by atoms with E-state index in [1.165, 1.54) is 15.2 Å². The second-order valence-corrected chi connectivity index (χ2v) is 6.58. The third kappa shape index (κ3) is 4.78. The molecule has 0 spiro atoms. The Labute approximate surface area is 140 Å². The van der Waals surface area contributed by atoms with Crippen molar-refractivity contribution in [2.24, 2.45) is 0 Å². The first kappa shape index (κ1) is 16.4. The lowest BCUT2D eigenvalue weighted by Gasteiger charge is -2.20. The van der Waals surface area contributed by atoms with E-state index in [-0.39, 0.29) is 11.9 Å². The minimum Gasteiger partial charge on any atom is -0.310 e. The Hall–Kier alpha value is -0.940. The van der Waals surface area contributed by atoms with Gasteiger partial charge in [0, 0.05) is 9.61 Å². The molecule has 1 N–H and O–H groups in total. The average Bonchev–Trinajstić information content (AvgIpc) is 2.47. The number of aryl methyl sites for hydroxylation is 1. The first-order valence-electron chi connectivity index (χ1n) is 7.34. The van der Waals surface area contributed by atoms with Crippen LogP contribution in [0.25, 0.3) is 0 Å². The molecule has 0 aliphatic carbocycles. The number of nitrogens with one attached hydrogen (secondary N) is 1. The predicted molar refractivity (Wildman–Crippen MR) is 95.0 cm³/mol. The molecule has 2 aromatic rings. The van der Waals surface area contributed by atoms with Crippen LogP contribution in [0.3, 0.4) is 0 Å². The second-order valence-electron chi connectivity index (χ2n) is 5.34. The van der Waals surface area contributed by atoms with Crippen molar-refractivity contribution >= 4 is 22.6 Å². The second kappa shape index (κ2) is 7.90. The highest BCUT2D eigenvalue weighted by atomic mass is 127. The third-order valence-corrected chi connectivity index (χ3v) is 4.30. The van der Waals surface area contributed by atoms with Gasteiger partial charge >= 0.3 is 0 Å². The van der Waals surface area contributed by atoms with Gasteiger partial charge in [-0.15, -0.1) is 0 Å². The molecule has 1 atom stereocenters. The Bertz CT molecular complexity index is 598. The minimum atomic E-state index is -0.160. The largest absolute Gasteiger partial charge is 0.310 e. The van der Waals surface area contributed by atoms with E-state index >= 15 is 0 Å². The zero-order chi connectivity index (χ0) is 15.2. The smallest absolute Gasteiger partial charge is 0.123 e. The number of benzene rings is 2. The summed E-state index contributed by atoms with van der Waals surface area (Å²) in [6, 6.07) is 13.8. The summed E-state index contributed by atoms with van der Waals surface area (Å²) < 4.78 is 14.7. The quantitative estimate of drug-likeness (QED) is 0.675. The molecule has 0 aliphatic heterocycles. The molecule has 1 unspecified atom stereocenters. The van der Waals surface area contributed by atoms with Gasteiger partial charge in [0.2, 0.25) is 0 Å². The fourth-order valence-electron chi connectivity index (χ4n) is 2.43. The van der Waals surface area contributed by atoms with E-state index in [0.29, 0.717) is 0 Å². The van der Waals surface area contributed by atoms with E-state index in [9.17, 15) is 4.39 Å². The zero-order valence-corrected chi connectivity index (χ0v) is 14.7. The lowest BCUT2D eigenvalue weighted by molar-refractivity contribution is 0.526. The fraction of sp³-hybridized carbons (Fsp3) is 0.333. The highest BCUT2D eigenvalue weighted by molar-refractivity contribution is 14.1. The van der Waals surface area contributed by atoms with Gasteiger partial charge in [0.05, 0.1) is 0 Å². The van der Waals surface area contributed by atoms with E-state index in [0.717, 1.165) is 30.5 Å². The highest BCUT2D eigenvalue weighted by Crippen LogP contribution is 2.22. The standard InChI is InChI=1S/C18H21FIN/c1-3-9-21-18(14-5-4-6-17(20)11-14)12-15-10-16(19)8-7-13(15)2/h4-8,10-11,18,21H,3,9,12H2,1-2H3. The fourth-order valence-corrected chi connectivity index (χ4v) is 3.00. The van der Waals surface area contributed by atoms with Crippen LogP contribution < -0.4 is 5.32 Å². The van der Waals surface area contributed by atoms with Gasteiger partial charge in [-0.3, -0.25) is 0 Å². The summed E-state index contributed by atoms with van der Waals surface area (Å²) in [6.45, 7) is 5.16. The van der Waals surface area contributed by atoms with Crippen molar-refractivity contribution in [1.29, 1.82) is 0 Å². The monoisotopic (exact) mass is 397 g/mol. The number of halogens is 2. The van der Waals surface area contributed by atoms with Crippen LogP contribution in [-0.4, -0.2) is 6.54 Å². The summed E-state index contributed by atoms with van der Waals surface area (Å²) in [5.41, 5.74) is 3.48. The van der Waals surface area contributed by atoms with Gasteiger partial charge in [-0.2, -0.15) is 0 Å². The first-order valence-corrected chi connectivity index (χ1v) is 8.42. The Morgan fingerprint density at radius 3 is 2.71 bits per heavy atom. The molecule has 2 rings (SSSR count). The number of hydrogen-bond donors (Lipinski definition) is 1. The van der Waals surface area contributed by atoms with Crippen molar-refractivity contribution in [3.8, 4) is 0 Å². The summed E-state index contributed by atoms with van der Waals surface area (Å²) in [4.78, 5) is 0. The van der Waals surface area contributed by atoms with Crippen molar-refractivity contribution < 1.29 is 4.39 Å². The van der Waals surface area contributed by atoms with Crippen LogP contribution >= 0.6 is 22.6 Å². The van der Waals surface area contributed by atoms with Gasteiger partial charge < -0.3 is 5.32 Å². The van der Waals surface area contributed by atoms with Crippen LogP contribution in [0.15, 0.2) is 42.5 Å². The predicted octanol–water partition coefficient (Wildman–Crippen LogP) is 5.02. The maximum absolute atomic E-state index is 13.5. The molecule has 0 bridgehead atoms. The van der Waals surface area contributed by atoms with Crippen LogP contribution in [0.5, 0.6) is 0 Å². The maximum atomic E-state index is 13.5. The van der Waals surface area contributed by atoms with Crippen molar-refractivity contribution in [3.05, 3.63) is 68.5 Å². The van der Waals surface area contributed by atoms with E-state index in [1.807, 2.05) is 13.0 Å². The lowest BCUT2D eigenvalue weighted by Crippen LogP contribution is -2.24. The summed E-state index contributed by atoms with van der Waals surface area (Å²) >= 11 is 2.33. The van der Waals surface area contributed by atoms with Gasteiger partial charge in [0.25, 0.3) is 0 Å². The SMILES string of the molecule is CCCNC(Cc1cc(F)ccc1C)c1cccc(I)c1. The summed E-state index contributed by atoms with van der Waals surface area (Å²) in [5, 5.41) is 3.58. The molecule has 0 aromatic heterocycles. The molecule has 2 aromatic carbocycles. The van der Waals surface area contributed by atoms with Crippen LogP contribution in [0.4, 0.5) is 4.39 Å². The minimum absolute atomic E-state index is 0.160. The summed E-state index contributed by atoms with van der Waals surface area (Å²) in [5.74, 6) is -0.160. The van der Waals surface area contributed by atoms with Crippen LogP contribution in [0.1, 0.15) is 36.1 Å². The van der Waals surface area contributed by atoms with Crippen molar-refractivity contribution in [2.75, 3.05) is 6.54 Å². The van der Waals surface area contributed by atoms with Crippen molar-refractivity contribution in [3.63, 3.8) is 0 Å². The summed E-state index contributed by atoms with van der Waals surface area (Å²) in [7, 11) is 0. The van der Waals surface area contributed by atoms with Gasteiger partial charge in [-0.05, 0) is 89.9 Å². The first-order chi connectivity index (χ1) is 10.1. The van der Waals surface area contributed by atoms with Crippen LogP contribution in [0, 0.1) is 16.3 Å². The van der Waals surface area contributed by atoms with E-state index in [1.54, 1.807) is 6.07 Å². The van der Waals surface area contributed by atoms with Crippen molar-refractivity contribution in [2.45, 2.75) is 32.7 Å². The van der Waals surface area contributed by atoms with Crippen molar-refractivity contribution in [1.82, 2.24) is 5.32 Å². The van der Waals surface area contributed by atoms with Gasteiger partial charge in [-0.1, -0.05) is 25.1 Å². The molecule has 0 aliphatic rings. The molecule has 0 radical (unpaired) electrons. The van der Waals surface area contributed by atoms with Crippen LogP contribution in [-0.2, 0) is 6.42 Å². The summed E-state index contributed by atoms with van der Waals surface area (Å²) in [6.07, 6.45) is 1.90. The molecule has 0 saturated carbocycles. The normalized spacial score (nSPS) is 12.4. The maximum Gasteiger partial charge on any atom is 0.123 e. The topological polar surface area (TPSA) is 12.0 Å². The molecule has 0 fully saturated rings. The van der Waals surface area contributed by atoms with Gasteiger partial charge in [0.15, 0.2) is 0 Å². The molecule has 0 saturated heterocycles. The van der Waals surface area contributed by atoms with Gasteiger partial charge in [0.1, 0.15) is 5.82 Å². The Balaban J connectivity index is 2.25. The molecule has 21 heavy (non-hydrogen) atoms. The Kier molecular flexibility index (Phi) is 6.18. The lowest BCUT2D eigenvalue weighted by atomic mass is 9.96. The molecular formula is C18H21FIN. The van der Waals surface area contributed by atoms with E-state index in [2.05, 4.69) is 59.1 Å². The molecule has 3 heteroatoms. The molecule has 0 heterocycles. The van der Waals surface area contributed by atoms with E-state index in [4.69, 9.17) is 0 Å². The molecular weight excluding hydrogens is 376 g/mol. The van der Waals surface area contributed by atoms with Crippen LogP contribution in [0.2, 0.25) is 0 Å². The third-order valence-electron chi connectivity index (χ3n) is 3.63. The molecule has 0 amide bonds. The Morgan fingerprint density at radius 2 is 2.00 bits per heavy atom. The molecule has 1 nitrogen and oxygen atoms in total. The van der Waals surface area contributed by atoms with Gasteiger partial charge in [-0.25, -0.2) is 4.39 Å². The highest BCUT2D eigenvalue weighted by Gasteiger charge is 2.13. The number of hydrogen-bond acceptors (Lipinski definition) is 1. The van der Waals surface area contributed by atoms with E-state index < -0.39 is 0 Å².